The lowest BCUT2D eigenvalue weighted by Crippen LogP contribution is -2.55. The van der Waals surface area contributed by atoms with Crippen molar-refractivity contribution < 1.29 is 14.3 Å². The predicted octanol–water partition coefficient (Wildman–Crippen LogP) is -0.461. The van der Waals surface area contributed by atoms with Crippen LogP contribution in [-0.2, 0) is 9.53 Å². The van der Waals surface area contributed by atoms with E-state index in [1.807, 2.05) is 0 Å². The second-order valence-electron chi connectivity index (χ2n) is 4.14. The van der Waals surface area contributed by atoms with Gasteiger partial charge in [0.2, 0.25) is 0 Å². The van der Waals surface area contributed by atoms with Gasteiger partial charge < -0.3 is 14.4 Å². The van der Waals surface area contributed by atoms with Crippen LogP contribution in [0.25, 0.3) is 0 Å². The number of aldehydes is 1. The van der Waals surface area contributed by atoms with Crippen LogP contribution in [0, 0.1) is 0 Å². The molecule has 0 N–H and O–H groups in total. The average Bonchev–Trinajstić information content (AvgIpc) is 1.93. The van der Waals surface area contributed by atoms with Crippen LogP contribution in [0.15, 0.2) is 0 Å². The minimum Gasteiger partial charge on any atom is -0.444 e. The van der Waals surface area contributed by atoms with Crippen LogP contribution in [0.2, 0.25) is 0 Å². The van der Waals surface area contributed by atoms with Crippen LogP contribution >= 0.6 is 0 Å². The van der Waals surface area contributed by atoms with Crippen molar-refractivity contribution in [2.45, 2.75) is 31.6 Å². The minimum atomic E-state index is -1.91. The summed E-state index contributed by atoms with van der Waals surface area (Å²) in [5, 5.41) is -1.91. The lowest BCUT2D eigenvalue weighted by Gasteiger charge is -2.36. The van der Waals surface area contributed by atoms with Crippen LogP contribution < -0.4 is 0 Å². The summed E-state index contributed by atoms with van der Waals surface area (Å²) in [6.45, 7) is 4.71. The van der Waals surface area contributed by atoms with Gasteiger partial charge in [0, 0.05) is 0 Å². The Morgan fingerprint density at radius 1 is 1.33 bits per heavy atom. The molecule has 0 atom stereocenters. The maximum absolute atomic E-state index is 11.5. The monoisotopic (exact) mass is 203 g/mol. The molecule has 0 heterocycles. The third-order valence-corrected chi connectivity index (χ3v) is 1.34. The Morgan fingerprint density at radius 3 is 2.07 bits per heavy atom. The zero-order chi connectivity index (χ0) is 12.3. The Bertz CT molecular complexity index is 244. The number of rotatable bonds is 3. The van der Waals surface area contributed by atoms with E-state index < -0.39 is 16.9 Å². The molecule has 0 saturated carbocycles. The second-order valence-corrected chi connectivity index (χ2v) is 4.14. The third-order valence-electron chi connectivity index (χ3n) is 1.34. The van der Waals surface area contributed by atoms with Crippen LogP contribution in [0.4, 0.5) is 4.79 Å². The van der Waals surface area contributed by atoms with Gasteiger partial charge in [-0.2, -0.15) is 0 Å². The number of carbonyl (C=O) groups excluding carboxylic acids is 2. The summed E-state index contributed by atoms with van der Waals surface area (Å²) in [4.78, 5) is 22.6. The highest BCUT2D eigenvalue weighted by molar-refractivity contribution is 6.59. The maximum Gasteiger partial charge on any atom is 0.409 e. The van der Waals surface area contributed by atoms with Crippen molar-refractivity contribution in [2.75, 3.05) is 6.54 Å². The molecule has 76 valence electrons. The van der Waals surface area contributed by atoms with E-state index in [1.165, 1.54) is 0 Å². The maximum atomic E-state index is 11.5. The van der Waals surface area contributed by atoms with E-state index in [9.17, 15) is 9.59 Å². The van der Waals surface area contributed by atoms with Gasteiger partial charge >= 0.3 is 6.09 Å². The molecule has 7 heteroatoms. The van der Waals surface area contributed by atoms with Gasteiger partial charge in [0.15, 0.2) is 0 Å². The highest BCUT2D eigenvalue weighted by atomic mass is 16.6. The number of hydrogen-bond donors (Lipinski definition) is 0. The number of nitrogens with zero attached hydrogens (tertiary/aromatic N) is 1. The molecule has 0 aliphatic heterocycles. The van der Waals surface area contributed by atoms with Gasteiger partial charge in [-0.05, 0) is 20.8 Å². The SMILES string of the molecule is [B]C([B])([B])N(CC=O)C(=O)OC(C)(C)C. The van der Waals surface area contributed by atoms with Crippen LogP contribution in [0.1, 0.15) is 20.8 Å². The standard InChI is InChI=1S/C8H12B3NO3/c1-7(2,3)15-6(14)12(4-5-13)8(9,10)11/h5H,4H2,1-3H3. The lowest BCUT2D eigenvalue weighted by atomic mass is 9.48. The molecular weight excluding hydrogens is 191 g/mol. The highest BCUT2D eigenvalue weighted by Crippen LogP contribution is 2.12. The van der Waals surface area contributed by atoms with Gasteiger partial charge in [0.1, 0.15) is 11.9 Å². The highest BCUT2D eigenvalue weighted by Gasteiger charge is 2.28. The fraction of sp³-hybridized carbons (Fsp3) is 0.750. The first kappa shape index (κ1) is 14.1. The first-order chi connectivity index (χ1) is 6.58. The molecule has 0 fully saturated rings. The van der Waals surface area contributed by atoms with Crippen LogP contribution in [0.5, 0.6) is 0 Å². The predicted molar refractivity (Wildman–Crippen MR) is 59.0 cm³/mol. The molecule has 15 heavy (non-hydrogen) atoms. The van der Waals surface area contributed by atoms with Crippen molar-refractivity contribution >= 4 is 35.9 Å². The number of ether oxygens (including phenoxy) is 1. The molecule has 0 aliphatic carbocycles. The van der Waals surface area contributed by atoms with Crippen molar-refractivity contribution in [1.82, 2.24) is 4.90 Å². The molecule has 0 rings (SSSR count). The first-order valence-electron chi connectivity index (χ1n) is 4.39. The molecule has 0 spiro atoms. The van der Waals surface area contributed by atoms with E-state index in [0.717, 1.165) is 4.90 Å². The molecular formula is C8H12B3NO3. The van der Waals surface area contributed by atoms with E-state index in [1.54, 1.807) is 20.8 Å². The van der Waals surface area contributed by atoms with Gasteiger partial charge in [0.25, 0.3) is 0 Å². The fourth-order valence-corrected chi connectivity index (χ4v) is 0.782. The molecule has 0 aliphatic rings. The van der Waals surface area contributed by atoms with E-state index in [-0.39, 0.29) is 6.54 Å². The molecule has 0 aromatic heterocycles. The van der Waals surface area contributed by atoms with Crippen molar-refractivity contribution in [2.24, 2.45) is 0 Å². The smallest absolute Gasteiger partial charge is 0.409 e. The van der Waals surface area contributed by atoms with Gasteiger partial charge in [-0.1, -0.05) is 5.24 Å². The number of carbonyl (C=O) groups is 2. The van der Waals surface area contributed by atoms with Gasteiger partial charge in [-0.25, -0.2) is 4.79 Å². The number of amides is 1. The van der Waals surface area contributed by atoms with Crippen molar-refractivity contribution in [3.8, 4) is 0 Å². The van der Waals surface area contributed by atoms with Gasteiger partial charge in [-0.15, -0.1) is 0 Å². The van der Waals surface area contributed by atoms with Gasteiger partial charge in [0.05, 0.1) is 30.1 Å². The summed E-state index contributed by atoms with van der Waals surface area (Å²) in [5.74, 6) is 0. The summed E-state index contributed by atoms with van der Waals surface area (Å²) < 4.78 is 4.97. The van der Waals surface area contributed by atoms with E-state index in [4.69, 9.17) is 28.3 Å². The normalized spacial score (nSPS) is 11.9. The molecule has 6 radical (unpaired) electrons. The summed E-state index contributed by atoms with van der Waals surface area (Å²) in [5.41, 5.74) is -0.705. The van der Waals surface area contributed by atoms with Gasteiger partial charge in [-0.3, -0.25) is 0 Å². The lowest BCUT2D eigenvalue weighted by molar-refractivity contribution is -0.109. The van der Waals surface area contributed by atoms with Crippen molar-refractivity contribution in [1.29, 1.82) is 0 Å². The molecule has 0 aromatic rings. The van der Waals surface area contributed by atoms with Crippen LogP contribution in [0.3, 0.4) is 0 Å². The molecule has 0 bridgehead atoms. The molecule has 4 nitrogen and oxygen atoms in total. The Balaban J connectivity index is 4.65. The van der Waals surface area contributed by atoms with Crippen molar-refractivity contribution in [3.63, 3.8) is 0 Å². The topological polar surface area (TPSA) is 46.6 Å². The van der Waals surface area contributed by atoms with E-state index >= 15 is 0 Å². The molecule has 0 saturated heterocycles. The van der Waals surface area contributed by atoms with E-state index in [2.05, 4.69) is 0 Å². The zero-order valence-corrected chi connectivity index (χ0v) is 9.19. The fourth-order valence-electron chi connectivity index (χ4n) is 0.782. The molecule has 1 amide bonds. The Kier molecular flexibility index (Phi) is 4.50. The third kappa shape index (κ3) is 5.55. The Hall–Kier alpha value is -0.865. The van der Waals surface area contributed by atoms with Crippen LogP contribution in [-0.4, -0.2) is 58.2 Å². The summed E-state index contributed by atoms with van der Waals surface area (Å²) in [7, 11) is 15.9. The Labute approximate surface area is 93.9 Å². The summed E-state index contributed by atoms with van der Waals surface area (Å²) in [6.07, 6.45) is -0.368. The summed E-state index contributed by atoms with van der Waals surface area (Å²) in [6, 6.07) is 0. The minimum absolute atomic E-state index is 0.321. The average molecular weight is 203 g/mol. The zero-order valence-electron chi connectivity index (χ0n) is 9.19. The molecule has 0 aromatic carbocycles. The largest absolute Gasteiger partial charge is 0.444 e. The quantitative estimate of drug-likeness (QED) is 0.460. The van der Waals surface area contributed by atoms with E-state index in [0.29, 0.717) is 6.29 Å². The second kappa shape index (κ2) is 4.77. The molecule has 0 unspecified atom stereocenters. The Morgan fingerprint density at radius 2 is 1.80 bits per heavy atom. The number of hydrogen-bond acceptors (Lipinski definition) is 3. The summed E-state index contributed by atoms with van der Waals surface area (Å²) >= 11 is 0. The first-order valence-corrected chi connectivity index (χ1v) is 4.39. The van der Waals surface area contributed by atoms with Crippen molar-refractivity contribution in [3.05, 3.63) is 0 Å².